The second-order valence-corrected chi connectivity index (χ2v) is 8.10. The van der Waals surface area contributed by atoms with E-state index in [4.69, 9.17) is 0 Å². The highest BCUT2D eigenvalue weighted by Crippen LogP contribution is 2.37. The van der Waals surface area contributed by atoms with E-state index in [1.54, 1.807) is 17.7 Å². The van der Waals surface area contributed by atoms with Gasteiger partial charge in [-0.1, -0.05) is 69.2 Å². The first-order valence-electron chi connectivity index (χ1n) is 10.2. The summed E-state index contributed by atoms with van der Waals surface area (Å²) in [5.41, 5.74) is 2.99. The van der Waals surface area contributed by atoms with Crippen molar-refractivity contribution < 1.29 is 4.39 Å². The van der Waals surface area contributed by atoms with Crippen molar-refractivity contribution in [1.82, 2.24) is 0 Å². The van der Waals surface area contributed by atoms with Crippen LogP contribution in [0.2, 0.25) is 0 Å². The van der Waals surface area contributed by atoms with Crippen LogP contribution in [0.3, 0.4) is 0 Å². The third-order valence-electron chi connectivity index (χ3n) is 6.38. The molecule has 0 aliphatic heterocycles. The lowest BCUT2D eigenvalue weighted by Crippen LogP contribution is -2.15. The molecule has 0 radical (unpaired) electrons. The predicted octanol–water partition coefficient (Wildman–Crippen LogP) is 7.41. The Morgan fingerprint density at radius 2 is 1.58 bits per heavy atom. The van der Waals surface area contributed by atoms with Crippen molar-refractivity contribution >= 4 is 0 Å². The van der Waals surface area contributed by atoms with Gasteiger partial charge >= 0.3 is 0 Å². The molecule has 24 heavy (non-hydrogen) atoms. The summed E-state index contributed by atoms with van der Waals surface area (Å²) in [6, 6.07) is 7.13. The van der Waals surface area contributed by atoms with Crippen LogP contribution in [-0.4, -0.2) is 0 Å². The molecule has 1 atom stereocenters. The van der Waals surface area contributed by atoms with E-state index >= 15 is 0 Å². The summed E-state index contributed by atoms with van der Waals surface area (Å²) in [4.78, 5) is 0. The van der Waals surface area contributed by atoms with Crippen molar-refractivity contribution in [2.75, 3.05) is 0 Å². The van der Waals surface area contributed by atoms with E-state index in [0.717, 1.165) is 18.3 Å². The van der Waals surface area contributed by atoms with Crippen molar-refractivity contribution in [3.63, 3.8) is 0 Å². The first-order valence-corrected chi connectivity index (χ1v) is 10.2. The fraction of sp³-hybridized carbons (Fsp3) is 0.652. The molecule has 0 N–H and O–H groups in total. The molecule has 1 saturated carbocycles. The summed E-state index contributed by atoms with van der Waals surface area (Å²) in [6.45, 7) is 2.32. The van der Waals surface area contributed by atoms with Gasteiger partial charge in [0.05, 0.1) is 0 Å². The van der Waals surface area contributed by atoms with E-state index in [1.165, 1.54) is 69.8 Å². The number of rotatable bonds is 6. The number of hydrogen-bond acceptors (Lipinski definition) is 0. The van der Waals surface area contributed by atoms with Crippen molar-refractivity contribution in [3.8, 4) is 0 Å². The van der Waals surface area contributed by atoms with E-state index in [-0.39, 0.29) is 5.82 Å². The zero-order valence-corrected chi connectivity index (χ0v) is 15.3. The van der Waals surface area contributed by atoms with Crippen LogP contribution in [0, 0.1) is 17.7 Å². The summed E-state index contributed by atoms with van der Waals surface area (Å²) in [5, 5.41) is 0. The highest BCUT2D eigenvalue weighted by atomic mass is 19.1. The van der Waals surface area contributed by atoms with Crippen LogP contribution in [0.25, 0.3) is 0 Å². The molecular formula is C23H33F. The Balaban J connectivity index is 1.41. The molecule has 0 bridgehead atoms. The normalized spacial score (nSPS) is 27.8. The summed E-state index contributed by atoms with van der Waals surface area (Å²) < 4.78 is 13.0. The van der Waals surface area contributed by atoms with Gasteiger partial charge in [0.2, 0.25) is 0 Å². The summed E-state index contributed by atoms with van der Waals surface area (Å²) in [6.07, 6.45) is 17.5. The standard InChI is InChI=1S/C23H33F/c1-2-3-18-4-6-19(7-5-18)8-9-20-10-12-21(13-11-20)22-14-16-23(24)17-15-22/h10,14-19,21H,2-9,11-13H2,1H3/t18-,19-,21?. The maximum absolute atomic E-state index is 13.0. The van der Waals surface area contributed by atoms with E-state index in [1.807, 2.05) is 12.1 Å². The smallest absolute Gasteiger partial charge is 0.123 e. The molecule has 0 heterocycles. The first kappa shape index (κ1) is 17.7. The molecule has 132 valence electrons. The molecule has 1 unspecified atom stereocenters. The van der Waals surface area contributed by atoms with Gasteiger partial charge in [0.25, 0.3) is 0 Å². The molecule has 1 aromatic rings. The molecule has 1 fully saturated rings. The average molecular weight is 329 g/mol. The van der Waals surface area contributed by atoms with Crippen LogP contribution >= 0.6 is 0 Å². The Bertz CT molecular complexity index is 519. The maximum atomic E-state index is 13.0. The van der Waals surface area contributed by atoms with Crippen LogP contribution in [-0.2, 0) is 0 Å². The van der Waals surface area contributed by atoms with Crippen molar-refractivity contribution in [2.45, 2.75) is 83.5 Å². The molecule has 2 aliphatic carbocycles. The second-order valence-electron chi connectivity index (χ2n) is 8.10. The largest absolute Gasteiger partial charge is 0.207 e. The van der Waals surface area contributed by atoms with Crippen LogP contribution in [0.1, 0.15) is 89.0 Å². The third kappa shape index (κ3) is 4.94. The fourth-order valence-corrected chi connectivity index (χ4v) is 4.76. The third-order valence-corrected chi connectivity index (χ3v) is 6.38. The Morgan fingerprint density at radius 3 is 2.17 bits per heavy atom. The van der Waals surface area contributed by atoms with E-state index < -0.39 is 0 Å². The topological polar surface area (TPSA) is 0 Å². The highest BCUT2D eigenvalue weighted by molar-refractivity contribution is 5.24. The maximum Gasteiger partial charge on any atom is 0.123 e. The van der Waals surface area contributed by atoms with Gasteiger partial charge in [-0.05, 0) is 67.6 Å². The quantitative estimate of drug-likeness (QED) is 0.477. The molecule has 0 spiro atoms. The molecule has 3 rings (SSSR count). The van der Waals surface area contributed by atoms with Crippen LogP contribution in [0.4, 0.5) is 4.39 Å². The van der Waals surface area contributed by atoms with Crippen molar-refractivity contribution in [3.05, 3.63) is 47.3 Å². The van der Waals surface area contributed by atoms with Gasteiger partial charge in [-0.2, -0.15) is 0 Å². The number of allylic oxidation sites excluding steroid dienone is 2. The molecule has 0 nitrogen and oxygen atoms in total. The second kappa shape index (κ2) is 8.83. The lowest BCUT2D eigenvalue weighted by Gasteiger charge is -2.29. The number of halogens is 1. The monoisotopic (exact) mass is 328 g/mol. The van der Waals surface area contributed by atoms with Gasteiger partial charge < -0.3 is 0 Å². The van der Waals surface area contributed by atoms with E-state index in [9.17, 15) is 4.39 Å². The zero-order valence-electron chi connectivity index (χ0n) is 15.3. The molecule has 0 saturated heterocycles. The van der Waals surface area contributed by atoms with Gasteiger partial charge in [-0.25, -0.2) is 4.39 Å². The van der Waals surface area contributed by atoms with Crippen LogP contribution in [0.5, 0.6) is 0 Å². The minimum atomic E-state index is -0.126. The van der Waals surface area contributed by atoms with Crippen molar-refractivity contribution in [1.29, 1.82) is 0 Å². The summed E-state index contributed by atoms with van der Waals surface area (Å²) in [5.74, 6) is 2.48. The Hall–Kier alpha value is -1.11. The molecule has 1 aromatic carbocycles. The van der Waals surface area contributed by atoms with Crippen LogP contribution in [0.15, 0.2) is 35.9 Å². The Labute approximate surface area is 147 Å². The number of hydrogen-bond donors (Lipinski definition) is 0. The Morgan fingerprint density at radius 1 is 0.917 bits per heavy atom. The molecular weight excluding hydrogens is 295 g/mol. The van der Waals surface area contributed by atoms with E-state index in [2.05, 4.69) is 13.0 Å². The molecule has 0 amide bonds. The van der Waals surface area contributed by atoms with Crippen LogP contribution < -0.4 is 0 Å². The van der Waals surface area contributed by atoms with Gasteiger partial charge in [-0.15, -0.1) is 0 Å². The Kier molecular flexibility index (Phi) is 6.51. The average Bonchev–Trinajstić information content (AvgIpc) is 2.63. The van der Waals surface area contributed by atoms with E-state index in [0.29, 0.717) is 5.92 Å². The SMILES string of the molecule is CCC[C@H]1CC[C@H](CCC2=CCC(c3ccc(F)cc3)CC2)CC1. The molecule has 1 heteroatoms. The molecule has 0 aromatic heterocycles. The van der Waals surface area contributed by atoms with Gasteiger partial charge in [-0.3, -0.25) is 0 Å². The van der Waals surface area contributed by atoms with Gasteiger partial charge in [0.1, 0.15) is 5.82 Å². The lowest BCUT2D eigenvalue weighted by atomic mass is 9.77. The predicted molar refractivity (Wildman–Crippen MR) is 101 cm³/mol. The summed E-state index contributed by atoms with van der Waals surface area (Å²) in [7, 11) is 0. The number of benzene rings is 1. The molecule has 2 aliphatic rings. The summed E-state index contributed by atoms with van der Waals surface area (Å²) >= 11 is 0. The minimum absolute atomic E-state index is 0.126. The highest BCUT2D eigenvalue weighted by Gasteiger charge is 2.21. The van der Waals surface area contributed by atoms with Crippen molar-refractivity contribution in [2.24, 2.45) is 11.8 Å². The first-order chi connectivity index (χ1) is 11.7. The van der Waals surface area contributed by atoms with Gasteiger partial charge in [0, 0.05) is 0 Å². The minimum Gasteiger partial charge on any atom is -0.207 e. The zero-order chi connectivity index (χ0) is 16.8. The fourth-order valence-electron chi connectivity index (χ4n) is 4.76. The van der Waals surface area contributed by atoms with Gasteiger partial charge in [0.15, 0.2) is 0 Å². The lowest BCUT2D eigenvalue weighted by molar-refractivity contribution is 0.251.